The smallest absolute Gasteiger partial charge is 0.253 e. The van der Waals surface area contributed by atoms with Gasteiger partial charge in [-0.3, -0.25) is 9.59 Å². The van der Waals surface area contributed by atoms with Crippen LogP contribution in [0.15, 0.2) is 18.2 Å². The molecule has 0 unspecified atom stereocenters. The van der Waals surface area contributed by atoms with E-state index in [4.69, 9.17) is 10.5 Å². The molecule has 0 spiro atoms. The van der Waals surface area contributed by atoms with Gasteiger partial charge in [-0.15, -0.1) is 12.4 Å². The lowest BCUT2D eigenvalue weighted by Gasteiger charge is -2.15. The first-order valence-corrected chi connectivity index (χ1v) is 8.46. The molecule has 0 saturated carbocycles. The van der Waals surface area contributed by atoms with Gasteiger partial charge in [0.15, 0.2) is 0 Å². The Morgan fingerprint density at radius 1 is 1.32 bits per heavy atom. The lowest BCUT2D eigenvalue weighted by molar-refractivity contribution is -0.126. The number of nitrogens with two attached hydrogens (primary N) is 1. The van der Waals surface area contributed by atoms with Gasteiger partial charge in [0.25, 0.3) is 11.8 Å². The van der Waals surface area contributed by atoms with Crippen molar-refractivity contribution in [2.75, 3.05) is 18.4 Å². The van der Waals surface area contributed by atoms with Gasteiger partial charge in [-0.1, -0.05) is 13.8 Å². The lowest BCUT2D eigenvalue weighted by Crippen LogP contribution is -2.30. The predicted molar refractivity (Wildman–Crippen MR) is 101 cm³/mol. The highest BCUT2D eigenvalue weighted by molar-refractivity contribution is 5.97. The Labute approximate surface area is 155 Å². The van der Waals surface area contributed by atoms with Crippen LogP contribution in [0.4, 0.5) is 5.69 Å². The topological polar surface area (TPSA) is 93.5 Å². The fourth-order valence-electron chi connectivity index (χ4n) is 2.63. The number of carbonyl (C=O) groups excluding carboxylic acids is 2. The van der Waals surface area contributed by atoms with Crippen molar-refractivity contribution >= 4 is 29.9 Å². The molecule has 0 aliphatic carbocycles. The summed E-state index contributed by atoms with van der Waals surface area (Å²) in [5.41, 5.74) is 7.69. The van der Waals surface area contributed by atoms with Crippen molar-refractivity contribution in [2.24, 2.45) is 11.7 Å². The van der Waals surface area contributed by atoms with E-state index in [0.29, 0.717) is 36.7 Å². The van der Waals surface area contributed by atoms with E-state index in [2.05, 4.69) is 10.6 Å². The molecule has 1 aromatic rings. The number of hydrogen-bond donors (Lipinski definition) is 3. The Kier molecular flexibility index (Phi) is 8.35. The highest BCUT2D eigenvalue weighted by Crippen LogP contribution is 2.22. The number of rotatable bonds is 6. The van der Waals surface area contributed by atoms with Crippen LogP contribution in [0, 0.1) is 12.8 Å². The molecule has 1 heterocycles. The standard InChI is InChI=1S/C18H27N3O3.ClH/c1-11(2)10-20-17(22)13-4-6-15(12(3)8-13)21-18(23)16-7-5-14(9-19)24-16;/h4,6,8,11,14,16H,5,7,9-10,19H2,1-3H3,(H,20,22)(H,21,23);1H/t14-,16+;/m1./s1. The van der Waals surface area contributed by atoms with Crippen molar-refractivity contribution in [3.63, 3.8) is 0 Å². The van der Waals surface area contributed by atoms with Crippen molar-refractivity contribution in [3.05, 3.63) is 29.3 Å². The van der Waals surface area contributed by atoms with Crippen molar-refractivity contribution in [1.82, 2.24) is 5.32 Å². The molecule has 1 aliphatic rings. The molecule has 7 heteroatoms. The third kappa shape index (κ3) is 5.99. The Balaban J connectivity index is 0.00000312. The number of ether oxygens (including phenoxy) is 1. The highest BCUT2D eigenvalue weighted by atomic mass is 35.5. The van der Waals surface area contributed by atoms with E-state index in [-0.39, 0.29) is 30.3 Å². The third-order valence-electron chi connectivity index (χ3n) is 4.08. The normalized spacial score (nSPS) is 19.4. The van der Waals surface area contributed by atoms with Gasteiger partial charge in [-0.25, -0.2) is 0 Å². The molecule has 0 aromatic heterocycles. The van der Waals surface area contributed by atoms with Crippen LogP contribution in [0.25, 0.3) is 0 Å². The zero-order chi connectivity index (χ0) is 17.7. The molecule has 2 rings (SSSR count). The van der Waals surface area contributed by atoms with Crippen molar-refractivity contribution < 1.29 is 14.3 Å². The number of benzene rings is 1. The average Bonchev–Trinajstić information content (AvgIpc) is 3.03. The van der Waals surface area contributed by atoms with E-state index in [1.165, 1.54) is 0 Å². The monoisotopic (exact) mass is 369 g/mol. The number of hydrogen-bond acceptors (Lipinski definition) is 4. The maximum absolute atomic E-state index is 12.3. The Bertz CT molecular complexity index is 607. The second kappa shape index (κ2) is 9.75. The summed E-state index contributed by atoms with van der Waals surface area (Å²) in [4.78, 5) is 24.4. The van der Waals surface area contributed by atoms with E-state index in [1.807, 2.05) is 20.8 Å². The first-order chi connectivity index (χ1) is 11.4. The van der Waals surface area contributed by atoms with Gasteiger partial charge in [-0.05, 0) is 49.4 Å². The Morgan fingerprint density at radius 3 is 2.60 bits per heavy atom. The summed E-state index contributed by atoms with van der Waals surface area (Å²) in [6.07, 6.45) is 1.01. The minimum Gasteiger partial charge on any atom is -0.364 e. The number of aryl methyl sites for hydroxylation is 1. The molecule has 0 bridgehead atoms. The van der Waals surface area contributed by atoms with Crippen LogP contribution in [-0.2, 0) is 9.53 Å². The maximum atomic E-state index is 12.3. The number of nitrogens with one attached hydrogen (secondary N) is 2. The van der Waals surface area contributed by atoms with Crippen LogP contribution in [0.5, 0.6) is 0 Å². The number of carbonyl (C=O) groups is 2. The first-order valence-electron chi connectivity index (χ1n) is 8.46. The van der Waals surface area contributed by atoms with E-state index in [9.17, 15) is 9.59 Å². The zero-order valence-corrected chi connectivity index (χ0v) is 15.8. The molecule has 1 fully saturated rings. The number of halogens is 1. The van der Waals surface area contributed by atoms with Gasteiger partial charge in [0.2, 0.25) is 0 Å². The van der Waals surface area contributed by atoms with Crippen molar-refractivity contribution in [1.29, 1.82) is 0 Å². The molecule has 1 saturated heterocycles. The van der Waals surface area contributed by atoms with E-state index in [0.717, 1.165) is 12.0 Å². The van der Waals surface area contributed by atoms with Crippen molar-refractivity contribution in [3.8, 4) is 0 Å². The van der Waals surface area contributed by atoms with Crippen LogP contribution in [0.3, 0.4) is 0 Å². The predicted octanol–water partition coefficient (Wildman–Crippen LogP) is 2.25. The largest absolute Gasteiger partial charge is 0.364 e. The van der Waals surface area contributed by atoms with Gasteiger partial charge in [-0.2, -0.15) is 0 Å². The molecule has 2 atom stereocenters. The molecule has 4 N–H and O–H groups in total. The molecule has 0 radical (unpaired) electrons. The second-order valence-corrected chi connectivity index (χ2v) is 6.68. The minimum atomic E-state index is -0.452. The van der Waals surface area contributed by atoms with E-state index >= 15 is 0 Å². The molecule has 1 aromatic carbocycles. The molecular formula is C18H28ClN3O3. The summed E-state index contributed by atoms with van der Waals surface area (Å²) in [6.45, 7) is 7.03. The minimum absolute atomic E-state index is 0. The van der Waals surface area contributed by atoms with E-state index < -0.39 is 6.10 Å². The molecule has 140 valence electrons. The molecule has 25 heavy (non-hydrogen) atoms. The summed E-state index contributed by atoms with van der Waals surface area (Å²) >= 11 is 0. The summed E-state index contributed by atoms with van der Waals surface area (Å²) in [5, 5.41) is 5.76. The fourth-order valence-corrected chi connectivity index (χ4v) is 2.63. The summed E-state index contributed by atoms with van der Waals surface area (Å²) in [7, 11) is 0. The quantitative estimate of drug-likeness (QED) is 0.716. The number of anilines is 1. The maximum Gasteiger partial charge on any atom is 0.253 e. The molecule has 6 nitrogen and oxygen atoms in total. The highest BCUT2D eigenvalue weighted by Gasteiger charge is 2.30. The van der Waals surface area contributed by atoms with Crippen LogP contribution in [0.1, 0.15) is 42.6 Å². The van der Waals surface area contributed by atoms with Gasteiger partial charge < -0.3 is 21.1 Å². The van der Waals surface area contributed by atoms with Crippen LogP contribution in [-0.4, -0.2) is 37.1 Å². The zero-order valence-electron chi connectivity index (χ0n) is 15.0. The summed E-state index contributed by atoms with van der Waals surface area (Å²) in [5.74, 6) is 0.137. The average molecular weight is 370 g/mol. The fraction of sp³-hybridized carbons (Fsp3) is 0.556. The van der Waals surface area contributed by atoms with Gasteiger partial charge in [0.1, 0.15) is 6.10 Å². The molecule has 2 amide bonds. The van der Waals surface area contributed by atoms with Crippen molar-refractivity contribution in [2.45, 2.75) is 45.8 Å². The summed E-state index contributed by atoms with van der Waals surface area (Å²) in [6, 6.07) is 5.26. The Hall–Kier alpha value is -1.63. The lowest BCUT2D eigenvalue weighted by atomic mass is 10.1. The van der Waals surface area contributed by atoms with Gasteiger partial charge in [0, 0.05) is 24.3 Å². The van der Waals surface area contributed by atoms with Gasteiger partial charge >= 0.3 is 0 Å². The van der Waals surface area contributed by atoms with Crippen LogP contribution in [0.2, 0.25) is 0 Å². The van der Waals surface area contributed by atoms with Crippen LogP contribution >= 0.6 is 12.4 Å². The first kappa shape index (κ1) is 21.4. The van der Waals surface area contributed by atoms with Gasteiger partial charge in [0.05, 0.1) is 6.10 Å². The third-order valence-corrected chi connectivity index (χ3v) is 4.08. The Morgan fingerprint density at radius 2 is 2.04 bits per heavy atom. The van der Waals surface area contributed by atoms with E-state index in [1.54, 1.807) is 18.2 Å². The summed E-state index contributed by atoms with van der Waals surface area (Å²) < 4.78 is 5.60. The molecule has 1 aliphatic heterocycles. The molecular weight excluding hydrogens is 342 g/mol. The second-order valence-electron chi connectivity index (χ2n) is 6.68. The van der Waals surface area contributed by atoms with Crippen LogP contribution < -0.4 is 16.4 Å². The number of amides is 2. The SMILES string of the molecule is Cc1cc(C(=O)NCC(C)C)ccc1NC(=O)[C@@H]1CC[C@H](CN)O1.Cl.